The fourth-order valence-corrected chi connectivity index (χ4v) is 3.73. The first-order valence-electron chi connectivity index (χ1n) is 5.53. The second-order valence-electron chi connectivity index (χ2n) is 4.31. The van der Waals surface area contributed by atoms with Gasteiger partial charge in [-0.25, -0.2) is 8.42 Å². The van der Waals surface area contributed by atoms with Gasteiger partial charge in [-0.1, -0.05) is 0 Å². The van der Waals surface area contributed by atoms with Crippen molar-refractivity contribution in [3.8, 4) is 0 Å². The third-order valence-corrected chi connectivity index (χ3v) is 5.14. The number of alkyl halides is 3. The van der Waals surface area contributed by atoms with E-state index in [9.17, 15) is 21.6 Å². The summed E-state index contributed by atoms with van der Waals surface area (Å²) in [7, 11) is -2.10. The van der Waals surface area contributed by atoms with Crippen LogP contribution in [0.5, 0.6) is 0 Å². The molecule has 1 heterocycles. The Morgan fingerprint density at radius 3 is 2.42 bits per heavy atom. The Labute approximate surface area is 109 Å². The lowest BCUT2D eigenvalue weighted by Gasteiger charge is -2.11. The Bertz CT molecular complexity index is 647. The molecule has 1 aliphatic heterocycles. The molecule has 1 unspecified atom stereocenters. The molecule has 0 radical (unpaired) electrons. The fourth-order valence-electron chi connectivity index (χ4n) is 1.94. The Balaban J connectivity index is 2.58. The van der Waals surface area contributed by atoms with Crippen LogP contribution in [0.25, 0.3) is 6.08 Å². The van der Waals surface area contributed by atoms with Crippen molar-refractivity contribution in [2.75, 3.05) is 7.05 Å². The highest BCUT2D eigenvalue weighted by molar-refractivity contribution is 7.96. The average molecular weight is 291 g/mol. The Hall–Kier alpha value is -1.34. The molecule has 1 aliphatic rings. The molecule has 0 spiro atoms. The summed E-state index contributed by atoms with van der Waals surface area (Å²) in [6.45, 7) is 1.64. The highest BCUT2D eigenvalue weighted by Crippen LogP contribution is 2.38. The molecule has 19 heavy (non-hydrogen) atoms. The number of fused-ring (bicyclic) bond motifs is 1. The summed E-state index contributed by atoms with van der Waals surface area (Å²) in [5.74, 6) is 0. The monoisotopic (exact) mass is 291 g/mol. The number of hydrogen-bond acceptors (Lipinski definition) is 3. The smallest absolute Gasteiger partial charge is 0.313 e. The van der Waals surface area contributed by atoms with Crippen molar-refractivity contribution >= 4 is 15.9 Å². The molecular formula is C12H12F3NO2S. The summed E-state index contributed by atoms with van der Waals surface area (Å²) in [4.78, 5) is 0.0157. The second-order valence-corrected chi connectivity index (χ2v) is 6.23. The van der Waals surface area contributed by atoms with Gasteiger partial charge in [-0.15, -0.1) is 0 Å². The van der Waals surface area contributed by atoms with E-state index < -0.39 is 27.6 Å². The number of rotatable bonds is 2. The SMILES string of the molecule is CNC(C)C1=Cc2cc(C(F)(F)F)ccc2S1(=O)=O. The van der Waals surface area contributed by atoms with E-state index in [0.717, 1.165) is 18.2 Å². The molecule has 1 aromatic rings. The van der Waals surface area contributed by atoms with Crippen molar-refractivity contribution < 1.29 is 21.6 Å². The molecule has 0 aliphatic carbocycles. The van der Waals surface area contributed by atoms with Crippen LogP contribution in [0.1, 0.15) is 18.1 Å². The first-order chi connectivity index (χ1) is 8.67. The molecule has 0 saturated carbocycles. The van der Waals surface area contributed by atoms with Crippen LogP contribution >= 0.6 is 0 Å². The topological polar surface area (TPSA) is 46.2 Å². The molecule has 1 atom stereocenters. The Kier molecular flexibility index (Phi) is 3.22. The normalized spacial score (nSPS) is 18.9. The minimum atomic E-state index is -4.48. The minimum absolute atomic E-state index is 0.0717. The van der Waals surface area contributed by atoms with Crippen molar-refractivity contribution in [3.63, 3.8) is 0 Å². The number of halogens is 3. The number of hydrogen-bond donors (Lipinski definition) is 1. The van der Waals surface area contributed by atoms with Gasteiger partial charge in [0.2, 0.25) is 9.84 Å². The van der Waals surface area contributed by atoms with Gasteiger partial charge in [0.1, 0.15) is 0 Å². The predicted octanol–water partition coefficient (Wildman–Crippen LogP) is 2.44. The van der Waals surface area contributed by atoms with Crippen molar-refractivity contribution in [1.29, 1.82) is 0 Å². The highest BCUT2D eigenvalue weighted by Gasteiger charge is 2.36. The minimum Gasteiger partial charge on any atom is -0.313 e. The Morgan fingerprint density at radius 2 is 1.89 bits per heavy atom. The van der Waals surface area contributed by atoms with Crippen LogP contribution < -0.4 is 5.32 Å². The first-order valence-corrected chi connectivity index (χ1v) is 7.01. The largest absolute Gasteiger partial charge is 0.416 e. The van der Waals surface area contributed by atoms with Crippen LogP contribution in [0.15, 0.2) is 28.0 Å². The molecular weight excluding hydrogens is 279 g/mol. The van der Waals surface area contributed by atoms with Crippen LogP contribution in [-0.4, -0.2) is 21.5 Å². The molecule has 0 fully saturated rings. The van der Waals surface area contributed by atoms with Crippen molar-refractivity contribution in [2.45, 2.75) is 24.0 Å². The van der Waals surface area contributed by atoms with Gasteiger partial charge < -0.3 is 5.32 Å². The van der Waals surface area contributed by atoms with Gasteiger partial charge in [-0.3, -0.25) is 0 Å². The van der Waals surface area contributed by atoms with Crippen molar-refractivity contribution in [1.82, 2.24) is 5.32 Å². The van der Waals surface area contributed by atoms with E-state index in [2.05, 4.69) is 5.32 Å². The van der Waals surface area contributed by atoms with Crippen LogP contribution in [-0.2, 0) is 16.0 Å². The number of nitrogens with one attached hydrogen (secondary N) is 1. The lowest BCUT2D eigenvalue weighted by atomic mass is 10.1. The maximum absolute atomic E-state index is 12.6. The third-order valence-electron chi connectivity index (χ3n) is 3.09. The average Bonchev–Trinajstić information content (AvgIpc) is 2.59. The van der Waals surface area contributed by atoms with E-state index in [4.69, 9.17) is 0 Å². The Morgan fingerprint density at radius 1 is 1.26 bits per heavy atom. The molecule has 0 aromatic heterocycles. The summed E-state index contributed by atoms with van der Waals surface area (Å²) < 4.78 is 62.1. The fraction of sp³-hybridized carbons (Fsp3) is 0.333. The summed E-state index contributed by atoms with van der Waals surface area (Å²) in [6, 6.07) is 2.21. The summed E-state index contributed by atoms with van der Waals surface area (Å²) in [5.41, 5.74) is -0.761. The van der Waals surface area contributed by atoms with Crippen molar-refractivity contribution in [3.05, 3.63) is 34.2 Å². The van der Waals surface area contributed by atoms with Gasteiger partial charge in [0, 0.05) is 6.04 Å². The van der Waals surface area contributed by atoms with Crippen LogP contribution in [0.2, 0.25) is 0 Å². The van der Waals surface area contributed by atoms with Gasteiger partial charge in [0.15, 0.2) is 0 Å². The predicted molar refractivity (Wildman–Crippen MR) is 65.1 cm³/mol. The molecule has 1 aromatic carbocycles. The standard InChI is InChI=1S/C12H12F3NO2S/c1-7(16-2)11-6-8-5-9(12(13,14)15)3-4-10(8)19(11,17)18/h3-7,16H,1-2H3. The quantitative estimate of drug-likeness (QED) is 0.910. The maximum atomic E-state index is 12.6. The lowest BCUT2D eigenvalue weighted by molar-refractivity contribution is -0.137. The summed E-state index contributed by atoms with van der Waals surface area (Å²) >= 11 is 0. The lowest BCUT2D eigenvalue weighted by Crippen LogP contribution is -2.26. The van der Waals surface area contributed by atoms with E-state index in [1.54, 1.807) is 14.0 Å². The summed E-state index contributed by atoms with van der Waals surface area (Å²) in [6.07, 6.45) is -3.19. The second kappa shape index (κ2) is 4.35. The zero-order valence-electron chi connectivity index (χ0n) is 10.2. The number of likely N-dealkylation sites (N-methyl/N-ethyl adjacent to an activating group) is 1. The van der Waals surface area contributed by atoms with Gasteiger partial charge in [-0.2, -0.15) is 13.2 Å². The summed E-state index contributed by atoms with van der Waals surface area (Å²) in [5, 5.41) is 2.77. The van der Waals surface area contributed by atoms with Crippen LogP contribution in [0.4, 0.5) is 13.2 Å². The molecule has 7 heteroatoms. The third kappa shape index (κ3) is 2.28. The van der Waals surface area contributed by atoms with Gasteiger partial charge >= 0.3 is 6.18 Å². The van der Waals surface area contributed by atoms with E-state index >= 15 is 0 Å². The zero-order valence-corrected chi connectivity index (χ0v) is 11.1. The maximum Gasteiger partial charge on any atom is 0.416 e. The molecule has 1 N–H and O–H groups in total. The molecule has 0 amide bonds. The molecule has 0 saturated heterocycles. The van der Waals surface area contributed by atoms with Crippen LogP contribution in [0, 0.1) is 0 Å². The van der Waals surface area contributed by atoms with Gasteiger partial charge in [0.25, 0.3) is 0 Å². The molecule has 104 valence electrons. The van der Waals surface area contributed by atoms with E-state index in [1.165, 1.54) is 6.08 Å². The van der Waals surface area contributed by atoms with Gasteiger partial charge in [0.05, 0.1) is 15.4 Å². The molecule has 2 rings (SSSR count). The molecule has 0 bridgehead atoms. The van der Waals surface area contributed by atoms with E-state index in [1.807, 2.05) is 0 Å². The highest BCUT2D eigenvalue weighted by atomic mass is 32.2. The zero-order chi connectivity index (χ0) is 14.4. The molecule has 3 nitrogen and oxygen atoms in total. The van der Waals surface area contributed by atoms with Crippen molar-refractivity contribution in [2.24, 2.45) is 0 Å². The van der Waals surface area contributed by atoms with Crippen LogP contribution in [0.3, 0.4) is 0 Å². The first kappa shape index (κ1) is 14.1. The van der Waals surface area contributed by atoms with Gasteiger partial charge in [-0.05, 0) is 43.8 Å². The van der Waals surface area contributed by atoms with E-state index in [0.29, 0.717) is 0 Å². The van der Waals surface area contributed by atoms with E-state index in [-0.39, 0.29) is 15.4 Å². The number of benzene rings is 1. The number of sulfone groups is 1.